The minimum atomic E-state index is -0.254. The Morgan fingerprint density at radius 2 is 1.85 bits per heavy atom. The van der Waals surface area contributed by atoms with E-state index < -0.39 is 0 Å². The number of hydrogen-bond donors (Lipinski definition) is 1. The predicted octanol–water partition coefficient (Wildman–Crippen LogP) is 3.28. The van der Waals surface area contributed by atoms with Crippen molar-refractivity contribution >= 4 is 22.6 Å². The summed E-state index contributed by atoms with van der Waals surface area (Å²) in [5.41, 5.74) is 2.14. The van der Waals surface area contributed by atoms with E-state index in [0.29, 0.717) is 31.0 Å². The molecule has 2 heterocycles. The highest BCUT2D eigenvalue weighted by molar-refractivity contribution is 5.99. The van der Waals surface area contributed by atoms with Gasteiger partial charge in [0.25, 0.3) is 5.91 Å². The lowest BCUT2D eigenvalue weighted by molar-refractivity contribution is -0.00306. The van der Waals surface area contributed by atoms with Crippen LogP contribution in [0.2, 0.25) is 0 Å². The number of para-hydroxylation sites is 1. The minimum absolute atomic E-state index is 0.0237. The molecular weight excluding hydrogens is 328 g/mol. The predicted molar refractivity (Wildman–Crippen MR) is 99.3 cm³/mol. The molecule has 1 amide bonds. The molecule has 1 aliphatic rings. The van der Waals surface area contributed by atoms with E-state index in [2.05, 4.69) is 4.98 Å². The Labute approximate surface area is 151 Å². The number of fused-ring (bicyclic) bond motifs is 1. The summed E-state index contributed by atoms with van der Waals surface area (Å²) in [6.45, 7) is 1.35. The number of ether oxygens (including phenoxy) is 1. The summed E-state index contributed by atoms with van der Waals surface area (Å²) in [5, 5.41) is 1.00. The van der Waals surface area contributed by atoms with E-state index in [9.17, 15) is 9.59 Å². The fourth-order valence-corrected chi connectivity index (χ4v) is 3.39. The first-order valence-electron chi connectivity index (χ1n) is 8.77. The highest BCUT2D eigenvalue weighted by Crippen LogP contribution is 2.20. The largest absolute Gasteiger partial charge is 0.377 e. The van der Waals surface area contributed by atoms with Crippen molar-refractivity contribution in [1.82, 2.24) is 9.88 Å². The van der Waals surface area contributed by atoms with E-state index in [1.54, 1.807) is 17.0 Å². The third-order valence-corrected chi connectivity index (χ3v) is 4.77. The molecule has 1 fully saturated rings. The SMILES string of the molecule is O=C(C[C@@H]1COCCN1C(=O)c1cc2ccccc2[nH]1)c1ccccc1. The van der Waals surface area contributed by atoms with Crippen molar-refractivity contribution in [3.63, 3.8) is 0 Å². The zero-order chi connectivity index (χ0) is 17.9. The van der Waals surface area contributed by atoms with Crippen LogP contribution in [0.15, 0.2) is 60.7 Å². The molecule has 1 atom stereocenters. The molecule has 0 spiro atoms. The van der Waals surface area contributed by atoms with Crippen LogP contribution in [0.5, 0.6) is 0 Å². The molecule has 1 saturated heterocycles. The van der Waals surface area contributed by atoms with Crippen molar-refractivity contribution < 1.29 is 14.3 Å². The Bertz CT molecular complexity index is 900. The van der Waals surface area contributed by atoms with E-state index in [0.717, 1.165) is 10.9 Å². The summed E-state index contributed by atoms with van der Waals surface area (Å²) in [5.74, 6) is -0.0640. The van der Waals surface area contributed by atoms with Crippen molar-refractivity contribution in [3.8, 4) is 0 Å². The van der Waals surface area contributed by atoms with E-state index >= 15 is 0 Å². The van der Waals surface area contributed by atoms with Gasteiger partial charge in [-0.15, -0.1) is 0 Å². The van der Waals surface area contributed by atoms with Gasteiger partial charge in [-0.05, 0) is 12.1 Å². The Morgan fingerprint density at radius 1 is 1.08 bits per heavy atom. The topological polar surface area (TPSA) is 62.4 Å². The second-order valence-corrected chi connectivity index (χ2v) is 6.49. The van der Waals surface area contributed by atoms with Crippen molar-refractivity contribution in [2.75, 3.05) is 19.8 Å². The smallest absolute Gasteiger partial charge is 0.270 e. The van der Waals surface area contributed by atoms with Crippen molar-refractivity contribution in [2.24, 2.45) is 0 Å². The second kappa shape index (κ2) is 7.14. The lowest BCUT2D eigenvalue weighted by atomic mass is 10.0. The maximum Gasteiger partial charge on any atom is 0.270 e. The molecule has 5 heteroatoms. The van der Waals surface area contributed by atoms with Crippen LogP contribution in [0.3, 0.4) is 0 Å². The molecule has 0 radical (unpaired) electrons. The Kier molecular flexibility index (Phi) is 4.54. The molecule has 0 aliphatic carbocycles. The molecule has 1 aliphatic heterocycles. The van der Waals surface area contributed by atoms with E-state index in [1.165, 1.54) is 0 Å². The van der Waals surface area contributed by atoms with Gasteiger partial charge in [-0.2, -0.15) is 0 Å². The van der Waals surface area contributed by atoms with E-state index in [4.69, 9.17) is 4.74 Å². The van der Waals surface area contributed by atoms with Crippen LogP contribution < -0.4 is 0 Å². The van der Waals surface area contributed by atoms with Gasteiger partial charge in [0, 0.05) is 29.4 Å². The van der Waals surface area contributed by atoms with E-state index in [-0.39, 0.29) is 24.2 Å². The Morgan fingerprint density at radius 3 is 2.65 bits per heavy atom. The molecule has 1 N–H and O–H groups in total. The highest BCUT2D eigenvalue weighted by Gasteiger charge is 2.30. The van der Waals surface area contributed by atoms with Gasteiger partial charge in [-0.3, -0.25) is 9.59 Å². The fourth-order valence-electron chi connectivity index (χ4n) is 3.39. The standard InChI is InChI=1S/C21H20N2O3/c24-20(15-6-2-1-3-7-15)13-17-14-26-11-10-23(17)21(25)19-12-16-8-4-5-9-18(16)22-19/h1-9,12,17,22H,10-11,13-14H2/t17-/m1/s1. The molecule has 4 rings (SSSR count). The third kappa shape index (κ3) is 3.26. The highest BCUT2D eigenvalue weighted by atomic mass is 16.5. The molecule has 5 nitrogen and oxygen atoms in total. The first-order chi connectivity index (χ1) is 12.7. The average Bonchev–Trinajstić information content (AvgIpc) is 3.13. The van der Waals surface area contributed by atoms with Crippen molar-refractivity contribution in [3.05, 3.63) is 71.9 Å². The number of aromatic nitrogens is 1. The molecule has 0 saturated carbocycles. The number of carbonyl (C=O) groups is 2. The second-order valence-electron chi connectivity index (χ2n) is 6.49. The van der Waals surface area contributed by atoms with E-state index in [1.807, 2.05) is 48.5 Å². The van der Waals surface area contributed by atoms with Gasteiger partial charge in [0.2, 0.25) is 0 Å². The monoisotopic (exact) mass is 348 g/mol. The Hall–Kier alpha value is -2.92. The first kappa shape index (κ1) is 16.5. The lowest BCUT2D eigenvalue weighted by Crippen LogP contribution is -2.49. The summed E-state index contributed by atoms with van der Waals surface area (Å²) in [7, 11) is 0. The maximum absolute atomic E-state index is 13.0. The van der Waals surface area contributed by atoms with Crippen LogP contribution in [0.1, 0.15) is 27.3 Å². The van der Waals surface area contributed by atoms with Gasteiger partial charge in [-0.1, -0.05) is 48.5 Å². The summed E-state index contributed by atoms with van der Waals surface area (Å²) in [4.78, 5) is 30.5. The molecule has 0 unspecified atom stereocenters. The van der Waals surface area contributed by atoms with Crippen LogP contribution in [-0.2, 0) is 4.74 Å². The fraction of sp³-hybridized carbons (Fsp3) is 0.238. The van der Waals surface area contributed by atoms with Gasteiger partial charge >= 0.3 is 0 Å². The molecule has 3 aromatic rings. The zero-order valence-corrected chi connectivity index (χ0v) is 14.4. The number of carbonyl (C=O) groups excluding carboxylic acids is 2. The van der Waals surface area contributed by atoms with Gasteiger partial charge in [0.15, 0.2) is 5.78 Å². The Balaban J connectivity index is 1.55. The third-order valence-electron chi connectivity index (χ3n) is 4.77. The number of rotatable bonds is 4. The number of H-pyrrole nitrogens is 1. The van der Waals surface area contributed by atoms with Crippen LogP contribution in [0.4, 0.5) is 0 Å². The maximum atomic E-state index is 13.0. The molecule has 26 heavy (non-hydrogen) atoms. The first-order valence-corrected chi connectivity index (χ1v) is 8.77. The van der Waals surface area contributed by atoms with Crippen LogP contribution in [-0.4, -0.2) is 47.4 Å². The van der Waals surface area contributed by atoms with Gasteiger partial charge in [0.05, 0.1) is 19.3 Å². The summed E-state index contributed by atoms with van der Waals surface area (Å²) >= 11 is 0. The minimum Gasteiger partial charge on any atom is -0.377 e. The molecular formula is C21H20N2O3. The lowest BCUT2D eigenvalue weighted by Gasteiger charge is -2.35. The number of aromatic amines is 1. The average molecular weight is 348 g/mol. The number of benzene rings is 2. The van der Waals surface area contributed by atoms with Gasteiger partial charge in [-0.25, -0.2) is 0 Å². The number of nitrogens with one attached hydrogen (secondary N) is 1. The van der Waals surface area contributed by atoms with Crippen molar-refractivity contribution in [1.29, 1.82) is 0 Å². The van der Waals surface area contributed by atoms with Crippen LogP contribution >= 0.6 is 0 Å². The number of ketones is 1. The molecule has 0 bridgehead atoms. The van der Waals surface area contributed by atoms with Gasteiger partial charge in [0.1, 0.15) is 5.69 Å². The summed E-state index contributed by atoms with van der Waals surface area (Å²) < 4.78 is 5.54. The molecule has 1 aromatic heterocycles. The number of nitrogens with zero attached hydrogens (tertiary/aromatic N) is 1. The number of amides is 1. The van der Waals surface area contributed by atoms with Gasteiger partial charge < -0.3 is 14.6 Å². The normalized spacial score (nSPS) is 17.4. The van der Waals surface area contributed by atoms with Crippen LogP contribution in [0, 0.1) is 0 Å². The number of morpholine rings is 1. The quantitative estimate of drug-likeness (QED) is 0.736. The number of hydrogen-bond acceptors (Lipinski definition) is 3. The molecule has 132 valence electrons. The summed E-state index contributed by atoms with van der Waals surface area (Å²) in [6.07, 6.45) is 0.260. The number of Topliss-reactive ketones (excluding diaryl/α,β-unsaturated/α-hetero) is 1. The molecule has 2 aromatic carbocycles. The van der Waals surface area contributed by atoms with Crippen molar-refractivity contribution in [2.45, 2.75) is 12.5 Å². The summed E-state index contributed by atoms with van der Waals surface area (Å²) in [6, 6.07) is 18.6. The van der Waals surface area contributed by atoms with Crippen LogP contribution in [0.25, 0.3) is 10.9 Å². The zero-order valence-electron chi connectivity index (χ0n) is 14.4.